The van der Waals surface area contributed by atoms with Crippen LogP contribution in [0.15, 0.2) is 168 Å². The minimum absolute atomic E-state index is 0.0625. The van der Waals surface area contributed by atoms with Gasteiger partial charge in [-0.15, -0.1) is 0 Å². The quantitative estimate of drug-likeness (QED) is 0.193. The standard InChI is InChI=1S/C47H33NO/c1-47(2)41-19-8-5-15-36(41)40-29-33(25-26-42(40)47)48(43-20-9-6-16-37(43)35-18-11-13-30-12-3-4-14-34(30)35)32-24-22-31-23-27-45-46(39(31)28-32)38-17-7-10-21-44(38)49-45/h3-29H,1-2H3. The van der Waals surface area contributed by atoms with E-state index in [0.29, 0.717) is 0 Å². The fourth-order valence-corrected chi connectivity index (χ4v) is 8.30. The molecule has 10 rings (SSSR count). The molecule has 0 unspecified atom stereocenters. The molecule has 49 heavy (non-hydrogen) atoms. The third kappa shape index (κ3) is 4.14. The molecular formula is C47H33NO. The monoisotopic (exact) mass is 627 g/mol. The third-order valence-corrected chi connectivity index (χ3v) is 10.7. The predicted octanol–water partition coefficient (Wildman–Crippen LogP) is 13.3. The minimum Gasteiger partial charge on any atom is -0.456 e. The lowest BCUT2D eigenvalue weighted by molar-refractivity contribution is 0.660. The summed E-state index contributed by atoms with van der Waals surface area (Å²) in [7, 11) is 0. The second-order valence-electron chi connectivity index (χ2n) is 13.7. The second kappa shape index (κ2) is 10.4. The highest BCUT2D eigenvalue weighted by atomic mass is 16.3. The first kappa shape index (κ1) is 27.9. The van der Waals surface area contributed by atoms with Crippen molar-refractivity contribution < 1.29 is 4.42 Å². The molecular weight excluding hydrogens is 595 g/mol. The summed E-state index contributed by atoms with van der Waals surface area (Å²) < 4.78 is 6.34. The Kier molecular flexibility index (Phi) is 5.95. The number of hydrogen-bond acceptors (Lipinski definition) is 2. The Balaban J connectivity index is 1.27. The maximum atomic E-state index is 6.34. The molecule has 0 saturated carbocycles. The lowest BCUT2D eigenvalue weighted by Crippen LogP contribution is -2.15. The predicted molar refractivity (Wildman–Crippen MR) is 206 cm³/mol. The summed E-state index contributed by atoms with van der Waals surface area (Å²) in [4.78, 5) is 2.45. The number of furan rings is 1. The van der Waals surface area contributed by atoms with Crippen LogP contribution >= 0.6 is 0 Å². The van der Waals surface area contributed by atoms with Gasteiger partial charge in [0.05, 0.1) is 5.69 Å². The normalized spacial score (nSPS) is 13.3. The van der Waals surface area contributed by atoms with Crippen molar-refractivity contribution in [1.82, 2.24) is 0 Å². The molecule has 1 aliphatic rings. The van der Waals surface area contributed by atoms with Crippen LogP contribution in [0.25, 0.3) is 65.7 Å². The Bertz CT molecular complexity index is 2760. The van der Waals surface area contributed by atoms with Gasteiger partial charge in [-0.3, -0.25) is 0 Å². The summed E-state index contributed by atoms with van der Waals surface area (Å²) in [5.74, 6) is 0. The maximum Gasteiger partial charge on any atom is 0.136 e. The Morgan fingerprint density at radius 2 is 1.06 bits per heavy atom. The molecule has 9 aromatic rings. The molecule has 0 atom stereocenters. The molecule has 0 bridgehead atoms. The van der Waals surface area contributed by atoms with E-state index in [-0.39, 0.29) is 5.41 Å². The van der Waals surface area contributed by atoms with Gasteiger partial charge in [-0.05, 0) is 91.8 Å². The molecule has 0 N–H and O–H groups in total. The molecule has 0 aliphatic heterocycles. The number of para-hydroxylation sites is 2. The highest BCUT2D eigenvalue weighted by Crippen LogP contribution is 2.51. The Labute approximate surface area is 285 Å². The molecule has 1 aromatic heterocycles. The number of benzene rings is 8. The Hall–Kier alpha value is -6.12. The fourth-order valence-electron chi connectivity index (χ4n) is 8.30. The van der Waals surface area contributed by atoms with Crippen LogP contribution in [-0.2, 0) is 5.41 Å². The molecule has 0 amide bonds. The van der Waals surface area contributed by atoms with Crippen LogP contribution in [0.3, 0.4) is 0 Å². The van der Waals surface area contributed by atoms with E-state index in [9.17, 15) is 0 Å². The zero-order chi connectivity index (χ0) is 32.7. The van der Waals surface area contributed by atoms with Crippen molar-refractivity contribution >= 4 is 60.5 Å². The van der Waals surface area contributed by atoms with Crippen LogP contribution in [0.1, 0.15) is 25.0 Å². The average Bonchev–Trinajstić information content (AvgIpc) is 3.64. The van der Waals surface area contributed by atoms with Gasteiger partial charge in [0.1, 0.15) is 11.2 Å². The molecule has 0 saturated heterocycles. The number of anilines is 3. The first-order chi connectivity index (χ1) is 24.1. The summed E-state index contributed by atoms with van der Waals surface area (Å²) in [5.41, 5.74) is 12.9. The van der Waals surface area contributed by atoms with Crippen LogP contribution in [0.2, 0.25) is 0 Å². The lowest BCUT2D eigenvalue weighted by Gasteiger charge is -2.29. The SMILES string of the molecule is CC1(C)c2ccccc2-c2cc(N(c3ccc4ccc5oc6ccccc6c5c4c3)c3ccccc3-c3cccc4ccccc34)ccc21. The summed E-state index contributed by atoms with van der Waals surface area (Å²) in [6.45, 7) is 4.68. The summed E-state index contributed by atoms with van der Waals surface area (Å²) in [5, 5.41) is 7.14. The molecule has 232 valence electrons. The van der Waals surface area contributed by atoms with Gasteiger partial charge in [0.25, 0.3) is 0 Å². The lowest BCUT2D eigenvalue weighted by atomic mass is 9.82. The van der Waals surface area contributed by atoms with E-state index < -0.39 is 0 Å². The Morgan fingerprint density at radius 1 is 0.429 bits per heavy atom. The van der Waals surface area contributed by atoms with Gasteiger partial charge >= 0.3 is 0 Å². The van der Waals surface area contributed by atoms with Crippen LogP contribution in [0.5, 0.6) is 0 Å². The number of hydrogen-bond donors (Lipinski definition) is 0. The van der Waals surface area contributed by atoms with Crippen molar-refractivity contribution in [3.05, 3.63) is 175 Å². The van der Waals surface area contributed by atoms with Crippen molar-refractivity contribution in [2.24, 2.45) is 0 Å². The van der Waals surface area contributed by atoms with Crippen molar-refractivity contribution in [2.75, 3.05) is 4.90 Å². The van der Waals surface area contributed by atoms with E-state index >= 15 is 0 Å². The van der Waals surface area contributed by atoms with Crippen molar-refractivity contribution in [2.45, 2.75) is 19.3 Å². The van der Waals surface area contributed by atoms with Crippen LogP contribution in [-0.4, -0.2) is 0 Å². The molecule has 0 radical (unpaired) electrons. The summed E-state index contributed by atoms with van der Waals surface area (Å²) in [6, 6.07) is 59.6. The zero-order valence-corrected chi connectivity index (χ0v) is 27.4. The smallest absolute Gasteiger partial charge is 0.136 e. The summed E-state index contributed by atoms with van der Waals surface area (Å²) in [6.07, 6.45) is 0. The second-order valence-corrected chi connectivity index (χ2v) is 13.7. The number of rotatable bonds is 4. The van der Waals surface area contributed by atoms with Gasteiger partial charge < -0.3 is 9.32 Å². The van der Waals surface area contributed by atoms with E-state index in [2.05, 4.69) is 176 Å². The molecule has 1 heterocycles. The van der Waals surface area contributed by atoms with Gasteiger partial charge in [-0.2, -0.15) is 0 Å². The van der Waals surface area contributed by atoms with Gasteiger partial charge in [0, 0.05) is 33.1 Å². The molecule has 2 heteroatoms. The van der Waals surface area contributed by atoms with Gasteiger partial charge in [-0.1, -0.05) is 135 Å². The molecule has 0 spiro atoms. The largest absolute Gasteiger partial charge is 0.456 e. The van der Waals surface area contributed by atoms with E-state index in [1.54, 1.807) is 0 Å². The van der Waals surface area contributed by atoms with Crippen molar-refractivity contribution in [3.8, 4) is 22.3 Å². The zero-order valence-electron chi connectivity index (χ0n) is 27.4. The van der Waals surface area contributed by atoms with E-state index in [0.717, 1.165) is 39.0 Å². The molecule has 8 aromatic carbocycles. The van der Waals surface area contributed by atoms with Crippen molar-refractivity contribution in [1.29, 1.82) is 0 Å². The van der Waals surface area contributed by atoms with Gasteiger partial charge in [0.2, 0.25) is 0 Å². The number of fused-ring (bicyclic) bond motifs is 9. The third-order valence-electron chi connectivity index (χ3n) is 10.7. The molecule has 2 nitrogen and oxygen atoms in total. The first-order valence-corrected chi connectivity index (χ1v) is 17.0. The first-order valence-electron chi connectivity index (χ1n) is 17.0. The molecule has 0 fully saturated rings. The molecule has 1 aliphatic carbocycles. The van der Waals surface area contributed by atoms with E-state index in [1.165, 1.54) is 54.9 Å². The van der Waals surface area contributed by atoms with Gasteiger partial charge in [-0.25, -0.2) is 0 Å². The highest BCUT2D eigenvalue weighted by molar-refractivity contribution is 6.19. The number of nitrogens with zero attached hydrogens (tertiary/aromatic N) is 1. The Morgan fingerprint density at radius 3 is 1.98 bits per heavy atom. The van der Waals surface area contributed by atoms with Gasteiger partial charge in [0.15, 0.2) is 0 Å². The average molecular weight is 628 g/mol. The fraction of sp³-hybridized carbons (Fsp3) is 0.0638. The van der Waals surface area contributed by atoms with Crippen LogP contribution < -0.4 is 4.90 Å². The van der Waals surface area contributed by atoms with E-state index in [4.69, 9.17) is 4.42 Å². The van der Waals surface area contributed by atoms with Crippen LogP contribution in [0, 0.1) is 0 Å². The topological polar surface area (TPSA) is 16.4 Å². The minimum atomic E-state index is -0.0625. The summed E-state index contributed by atoms with van der Waals surface area (Å²) >= 11 is 0. The van der Waals surface area contributed by atoms with Crippen LogP contribution in [0.4, 0.5) is 17.1 Å². The highest BCUT2D eigenvalue weighted by Gasteiger charge is 2.35. The maximum absolute atomic E-state index is 6.34. The van der Waals surface area contributed by atoms with E-state index in [1.807, 2.05) is 6.07 Å². The van der Waals surface area contributed by atoms with Crippen molar-refractivity contribution in [3.63, 3.8) is 0 Å².